The Bertz CT molecular complexity index is 1170. The summed E-state index contributed by atoms with van der Waals surface area (Å²) >= 11 is 0. The molecule has 8 heteroatoms. The van der Waals surface area contributed by atoms with Crippen LogP contribution in [0.4, 0.5) is 5.69 Å². The molecule has 0 spiro atoms. The van der Waals surface area contributed by atoms with E-state index in [4.69, 9.17) is 9.47 Å². The highest BCUT2D eigenvalue weighted by Crippen LogP contribution is 2.26. The lowest BCUT2D eigenvalue weighted by atomic mass is 10.1. The minimum atomic E-state index is -4.00. The number of carbonyl (C=O) groups excluding carboxylic acids is 1. The van der Waals surface area contributed by atoms with Crippen LogP contribution in [0.1, 0.15) is 24.1 Å². The largest absolute Gasteiger partial charge is 0.497 e. The molecule has 0 aliphatic carbocycles. The standard InChI is InChI=1S/C25H28N2O5S/c1-18-5-9-21(10-6-18)27(33(29,30)24-15-13-23(32-4)14-16-24)17-25(28)26-19(2)20-7-11-22(31-3)12-8-20/h5-16,19H,17H2,1-4H3,(H,26,28). The third-order valence-corrected chi connectivity index (χ3v) is 7.04. The van der Waals surface area contributed by atoms with Crippen LogP contribution in [0.25, 0.3) is 0 Å². The fourth-order valence-corrected chi connectivity index (χ4v) is 4.72. The summed E-state index contributed by atoms with van der Waals surface area (Å²) in [6.45, 7) is 3.39. The number of sulfonamides is 1. The van der Waals surface area contributed by atoms with E-state index in [0.29, 0.717) is 17.2 Å². The van der Waals surface area contributed by atoms with Crippen LogP contribution in [0.2, 0.25) is 0 Å². The van der Waals surface area contributed by atoms with Gasteiger partial charge in [-0.2, -0.15) is 0 Å². The first-order chi connectivity index (χ1) is 15.7. The van der Waals surface area contributed by atoms with Crippen molar-refractivity contribution in [3.63, 3.8) is 0 Å². The van der Waals surface area contributed by atoms with E-state index in [1.165, 1.54) is 19.2 Å². The number of nitrogens with zero attached hydrogens (tertiary/aromatic N) is 1. The zero-order valence-electron chi connectivity index (χ0n) is 19.1. The smallest absolute Gasteiger partial charge is 0.264 e. The van der Waals surface area contributed by atoms with Gasteiger partial charge in [0, 0.05) is 0 Å². The Kier molecular flexibility index (Phi) is 7.60. The molecule has 0 heterocycles. The van der Waals surface area contributed by atoms with Gasteiger partial charge in [0.1, 0.15) is 18.0 Å². The number of benzene rings is 3. The van der Waals surface area contributed by atoms with Gasteiger partial charge in [0.25, 0.3) is 10.0 Å². The number of aryl methyl sites for hydroxylation is 1. The molecule has 1 atom stereocenters. The Morgan fingerprint density at radius 1 is 0.879 bits per heavy atom. The molecule has 33 heavy (non-hydrogen) atoms. The highest BCUT2D eigenvalue weighted by Gasteiger charge is 2.27. The van der Waals surface area contributed by atoms with Gasteiger partial charge in [-0.05, 0) is 67.9 Å². The first-order valence-corrected chi connectivity index (χ1v) is 11.9. The molecule has 0 bridgehead atoms. The lowest BCUT2D eigenvalue weighted by molar-refractivity contribution is -0.120. The quantitative estimate of drug-likeness (QED) is 0.511. The molecule has 0 fully saturated rings. The van der Waals surface area contributed by atoms with Gasteiger partial charge in [0.05, 0.1) is 30.8 Å². The SMILES string of the molecule is COc1ccc(C(C)NC(=O)CN(c2ccc(C)cc2)S(=O)(=O)c2ccc(OC)cc2)cc1. The molecule has 0 aliphatic heterocycles. The molecule has 0 aromatic heterocycles. The average molecular weight is 469 g/mol. The van der Waals surface area contributed by atoms with Gasteiger partial charge in [-0.25, -0.2) is 8.42 Å². The molecule has 0 saturated heterocycles. The second-order valence-electron chi connectivity index (χ2n) is 7.59. The fraction of sp³-hybridized carbons (Fsp3) is 0.240. The van der Waals surface area contributed by atoms with Gasteiger partial charge in [-0.3, -0.25) is 9.10 Å². The molecule has 3 aromatic rings. The number of ether oxygens (including phenoxy) is 2. The maximum absolute atomic E-state index is 13.5. The number of rotatable bonds is 9. The van der Waals surface area contributed by atoms with Crippen molar-refractivity contribution in [1.29, 1.82) is 0 Å². The van der Waals surface area contributed by atoms with E-state index in [2.05, 4.69) is 5.32 Å². The molecule has 3 aromatic carbocycles. The van der Waals surface area contributed by atoms with Gasteiger partial charge in [-0.15, -0.1) is 0 Å². The van der Waals surface area contributed by atoms with Crippen LogP contribution in [0, 0.1) is 6.92 Å². The number of methoxy groups -OCH3 is 2. The molecule has 0 saturated carbocycles. The molecule has 1 N–H and O–H groups in total. The third kappa shape index (κ3) is 5.84. The summed E-state index contributed by atoms with van der Waals surface area (Å²) in [4.78, 5) is 13.0. The van der Waals surface area contributed by atoms with Crippen molar-refractivity contribution in [2.24, 2.45) is 0 Å². The van der Waals surface area contributed by atoms with Crippen LogP contribution in [0.15, 0.2) is 77.7 Å². The Labute approximate surface area is 195 Å². The van der Waals surface area contributed by atoms with Crippen molar-refractivity contribution >= 4 is 21.6 Å². The molecule has 0 radical (unpaired) electrons. The first kappa shape index (κ1) is 24.1. The first-order valence-electron chi connectivity index (χ1n) is 10.4. The van der Waals surface area contributed by atoms with Crippen molar-refractivity contribution in [3.8, 4) is 11.5 Å². The van der Waals surface area contributed by atoms with Crippen molar-refractivity contribution < 1.29 is 22.7 Å². The normalized spacial score (nSPS) is 12.0. The summed E-state index contributed by atoms with van der Waals surface area (Å²) in [6.07, 6.45) is 0. The Morgan fingerprint density at radius 2 is 1.39 bits per heavy atom. The number of nitrogens with one attached hydrogen (secondary N) is 1. The van der Waals surface area contributed by atoms with Crippen molar-refractivity contribution in [1.82, 2.24) is 5.32 Å². The van der Waals surface area contributed by atoms with E-state index in [1.54, 1.807) is 31.4 Å². The highest BCUT2D eigenvalue weighted by molar-refractivity contribution is 7.92. The van der Waals surface area contributed by atoms with Gasteiger partial charge in [0.2, 0.25) is 5.91 Å². The zero-order valence-corrected chi connectivity index (χ0v) is 19.9. The number of hydrogen-bond acceptors (Lipinski definition) is 5. The second-order valence-corrected chi connectivity index (χ2v) is 9.45. The Hall–Kier alpha value is -3.52. The average Bonchev–Trinajstić information content (AvgIpc) is 2.83. The van der Waals surface area contributed by atoms with E-state index in [-0.39, 0.29) is 17.5 Å². The highest BCUT2D eigenvalue weighted by atomic mass is 32.2. The summed E-state index contributed by atoms with van der Waals surface area (Å²) in [7, 11) is -0.899. The number of anilines is 1. The maximum Gasteiger partial charge on any atom is 0.264 e. The second kappa shape index (κ2) is 10.4. The van der Waals surface area contributed by atoms with Crippen LogP contribution >= 0.6 is 0 Å². The fourth-order valence-electron chi connectivity index (χ4n) is 3.29. The monoisotopic (exact) mass is 468 g/mol. The molecule has 1 unspecified atom stereocenters. The van der Waals surface area contributed by atoms with E-state index in [1.807, 2.05) is 50.2 Å². The summed E-state index contributed by atoms with van der Waals surface area (Å²) < 4.78 is 38.3. The molecule has 1 amide bonds. The van der Waals surface area contributed by atoms with E-state index in [9.17, 15) is 13.2 Å². The van der Waals surface area contributed by atoms with Crippen molar-refractivity contribution in [3.05, 3.63) is 83.9 Å². The van der Waals surface area contributed by atoms with Crippen molar-refractivity contribution in [2.75, 3.05) is 25.1 Å². The van der Waals surface area contributed by atoms with Crippen LogP contribution in [-0.4, -0.2) is 35.1 Å². The Morgan fingerprint density at radius 3 is 1.91 bits per heavy atom. The lowest BCUT2D eigenvalue weighted by Crippen LogP contribution is -2.41. The van der Waals surface area contributed by atoms with Crippen LogP contribution < -0.4 is 19.1 Å². The van der Waals surface area contributed by atoms with Gasteiger partial charge < -0.3 is 14.8 Å². The summed E-state index contributed by atoms with van der Waals surface area (Å²) in [5, 5.41) is 2.88. The summed E-state index contributed by atoms with van der Waals surface area (Å²) in [5.74, 6) is 0.839. The van der Waals surface area contributed by atoms with E-state index >= 15 is 0 Å². The van der Waals surface area contributed by atoms with Gasteiger partial charge in [0.15, 0.2) is 0 Å². The molecular weight excluding hydrogens is 440 g/mol. The number of amides is 1. The van der Waals surface area contributed by atoms with Gasteiger partial charge >= 0.3 is 0 Å². The van der Waals surface area contributed by atoms with Crippen molar-refractivity contribution in [2.45, 2.75) is 24.8 Å². The van der Waals surface area contributed by atoms with Crippen LogP contribution in [0.3, 0.4) is 0 Å². The van der Waals surface area contributed by atoms with Crippen LogP contribution in [-0.2, 0) is 14.8 Å². The topological polar surface area (TPSA) is 84.9 Å². The molecule has 7 nitrogen and oxygen atoms in total. The summed E-state index contributed by atoms with van der Waals surface area (Å²) in [5.41, 5.74) is 2.27. The molecular formula is C25H28N2O5S. The lowest BCUT2D eigenvalue weighted by Gasteiger charge is -2.25. The van der Waals surface area contributed by atoms with Gasteiger partial charge in [-0.1, -0.05) is 29.8 Å². The number of carbonyl (C=O) groups is 1. The predicted molar refractivity (Wildman–Crippen MR) is 128 cm³/mol. The van der Waals surface area contributed by atoms with E-state index in [0.717, 1.165) is 15.4 Å². The summed E-state index contributed by atoms with van der Waals surface area (Å²) in [6, 6.07) is 20.1. The molecule has 3 rings (SSSR count). The van der Waals surface area contributed by atoms with Crippen LogP contribution in [0.5, 0.6) is 11.5 Å². The molecule has 0 aliphatic rings. The zero-order chi connectivity index (χ0) is 24.0. The molecule has 174 valence electrons. The van der Waals surface area contributed by atoms with E-state index < -0.39 is 15.9 Å². The number of hydrogen-bond donors (Lipinski definition) is 1. The Balaban J connectivity index is 1.86. The minimum absolute atomic E-state index is 0.0693. The predicted octanol–water partition coefficient (Wildman–Crippen LogP) is 4.08. The minimum Gasteiger partial charge on any atom is -0.497 e. The third-order valence-electron chi connectivity index (χ3n) is 5.25. The maximum atomic E-state index is 13.5.